The summed E-state index contributed by atoms with van der Waals surface area (Å²) in [6, 6.07) is 18.1. The molecular formula is C21H21ClNO2+. The average Bonchev–Trinajstić information content (AvgIpc) is 2.60. The molecule has 0 amide bonds. The third kappa shape index (κ3) is 3.35. The van der Waals surface area contributed by atoms with Gasteiger partial charge in [-0.05, 0) is 50.2 Å². The van der Waals surface area contributed by atoms with Crippen LogP contribution in [0.4, 0.5) is 0 Å². The minimum absolute atomic E-state index is 0.207. The van der Waals surface area contributed by atoms with Gasteiger partial charge in [-0.3, -0.25) is 0 Å². The van der Waals surface area contributed by atoms with Crippen molar-refractivity contribution in [1.82, 2.24) is 4.58 Å². The fourth-order valence-electron chi connectivity index (χ4n) is 3.51. The van der Waals surface area contributed by atoms with E-state index in [1.165, 1.54) is 5.36 Å². The Labute approximate surface area is 152 Å². The van der Waals surface area contributed by atoms with Crippen LogP contribution in [0, 0.1) is 0 Å². The monoisotopic (exact) mass is 354 g/mol. The zero-order valence-electron chi connectivity index (χ0n) is 14.4. The van der Waals surface area contributed by atoms with Gasteiger partial charge in [-0.2, -0.15) is 0 Å². The van der Waals surface area contributed by atoms with Crippen molar-refractivity contribution in [3.05, 3.63) is 65.0 Å². The minimum atomic E-state index is 0.207. The van der Waals surface area contributed by atoms with E-state index in [4.69, 9.17) is 20.8 Å². The summed E-state index contributed by atoms with van der Waals surface area (Å²) in [6.07, 6.45) is 0.414. The van der Waals surface area contributed by atoms with Crippen LogP contribution in [0.5, 0.6) is 0 Å². The molecule has 3 aromatic rings. The van der Waals surface area contributed by atoms with Gasteiger partial charge in [0.25, 0.3) is 0 Å². The van der Waals surface area contributed by atoms with Crippen molar-refractivity contribution >= 4 is 22.6 Å². The Hall–Kier alpha value is -2.10. The van der Waals surface area contributed by atoms with Crippen LogP contribution in [0.25, 0.3) is 22.3 Å². The van der Waals surface area contributed by atoms with Crippen molar-refractivity contribution in [3.63, 3.8) is 0 Å². The molecule has 0 aliphatic carbocycles. The van der Waals surface area contributed by atoms with Gasteiger partial charge in [0.15, 0.2) is 13.1 Å². The van der Waals surface area contributed by atoms with E-state index in [0.717, 1.165) is 40.4 Å². The summed E-state index contributed by atoms with van der Waals surface area (Å²) in [7, 11) is 0. The Kier molecular flexibility index (Phi) is 4.36. The number of para-hydroxylation sites is 1. The number of hydrogen-bond donors (Lipinski definition) is 0. The van der Waals surface area contributed by atoms with Gasteiger partial charge in [0.1, 0.15) is 23.6 Å². The molecule has 4 heteroatoms. The second kappa shape index (κ2) is 6.66. The summed E-state index contributed by atoms with van der Waals surface area (Å²) < 4.78 is 14.5. The summed E-state index contributed by atoms with van der Waals surface area (Å²) in [5.41, 5.74) is 1.91. The first-order valence-electron chi connectivity index (χ1n) is 8.62. The third-order valence-electron chi connectivity index (χ3n) is 4.54. The predicted molar refractivity (Wildman–Crippen MR) is 102 cm³/mol. The van der Waals surface area contributed by atoms with Crippen LogP contribution in [0.1, 0.15) is 13.8 Å². The number of nitrogens with zero attached hydrogens (tertiary/aromatic N) is 1. The molecule has 2 aromatic carbocycles. The molecule has 0 bridgehead atoms. The van der Waals surface area contributed by atoms with E-state index in [0.29, 0.717) is 0 Å². The normalized spacial score (nSPS) is 20.8. The zero-order chi connectivity index (χ0) is 17.4. The molecule has 128 valence electrons. The number of rotatable bonds is 1. The molecule has 0 radical (unpaired) electrons. The zero-order valence-corrected chi connectivity index (χ0v) is 15.2. The molecule has 0 N–H and O–H groups in total. The minimum Gasteiger partial charge on any atom is -0.456 e. The number of fused-ring (bicyclic) bond motifs is 1. The second-order valence-corrected chi connectivity index (χ2v) is 7.10. The van der Waals surface area contributed by atoms with Crippen LogP contribution < -0.4 is 9.93 Å². The number of halogens is 1. The fourth-order valence-corrected chi connectivity index (χ4v) is 3.64. The Morgan fingerprint density at radius 1 is 0.960 bits per heavy atom. The van der Waals surface area contributed by atoms with Crippen LogP contribution in [0.15, 0.2) is 59.0 Å². The molecule has 3 nitrogen and oxygen atoms in total. The molecule has 1 saturated heterocycles. The molecular weight excluding hydrogens is 334 g/mol. The van der Waals surface area contributed by atoms with Crippen LogP contribution in [0.3, 0.4) is 0 Å². The molecule has 0 saturated carbocycles. The van der Waals surface area contributed by atoms with Crippen molar-refractivity contribution in [1.29, 1.82) is 0 Å². The topological polar surface area (TPSA) is 25.4 Å². The molecule has 1 aromatic heterocycles. The van der Waals surface area contributed by atoms with Crippen molar-refractivity contribution in [2.75, 3.05) is 13.1 Å². The van der Waals surface area contributed by atoms with E-state index in [1.807, 2.05) is 36.4 Å². The summed E-state index contributed by atoms with van der Waals surface area (Å²) in [6.45, 7) is 5.99. The number of morpholine rings is 1. The lowest BCUT2D eigenvalue weighted by molar-refractivity contribution is -0.0261. The Balaban J connectivity index is 1.98. The summed E-state index contributed by atoms with van der Waals surface area (Å²) in [4.78, 5) is 0. The van der Waals surface area contributed by atoms with Gasteiger partial charge >= 0.3 is 0 Å². The van der Waals surface area contributed by atoms with Gasteiger partial charge in [0.05, 0.1) is 11.5 Å². The maximum atomic E-state index is 6.17. The quantitative estimate of drug-likeness (QED) is 0.608. The van der Waals surface area contributed by atoms with E-state index in [1.54, 1.807) is 0 Å². The second-order valence-electron chi connectivity index (χ2n) is 6.66. The number of benzene rings is 2. The van der Waals surface area contributed by atoms with Crippen LogP contribution >= 0.6 is 11.6 Å². The van der Waals surface area contributed by atoms with Crippen molar-refractivity contribution < 1.29 is 9.15 Å². The van der Waals surface area contributed by atoms with E-state index >= 15 is 0 Å². The molecule has 2 heterocycles. The van der Waals surface area contributed by atoms with Gasteiger partial charge in [-0.1, -0.05) is 23.7 Å². The summed E-state index contributed by atoms with van der Waals surface area (Å²) in [5.74, 6) is 0.845. The molecule has 4 rings (SSSR count). The highest BCUT2D eigenvalue weighted by Crippen LogP contribution is 2.23. The molecule has 2 atom stereocenters. The lowest BCUT2D eigenvalue weighted by Crippen LogP contribution is -2.47. The molecule has 1 aliphatic rings. The predicted octanol–water partition coefficient (Wildman–Crippen LogP) is 4.33. The molecule has 0 unspecified atom stereocenters. The Morgan fingerprint density at radius 2 is 1.64 bits per heavy atom. The standard InChI is InChI=1S/C21H21ClNO2/c1-14-12-23(13-15(2)24-14)19-11-21(16-7-9-17(22)10-8-16)25-20-6-4-3-5-18(19)20/h3-11,14-15H,12-13H2,1-2H3/q+1/t14-,15-/m0/s1. The highest BCUT2D eigenvalue weighted by atomic mass is 35.5. The maximum Gasteiger partial charge on any atom is 0.214 e. The highest BCUT2D eigenvalue weighted by molar-refractivity contribution is 6.30. The summed E-state index contributed by atoms with van der Waals surface area (Å²) >= 11 is 6.03. The fraction of sp³-hybridized carbons (Fsp3) is 0.286. The van der Waals surface area contributed by atoms with Crippen molar-refractivity contribution in [3.8, 4) is 11.3 Å². The van der Waals surface area contributed by atoms with Gasteiger partial charge in [0, 0.05) is 10.6 Å². The first-order chi connectivity index (χ1) is 12.1. The van der Waals surface area contributed by atoms with Gasteiger partial charge in [-0.15, -0.1) is 0 Å². The van der Waals surface area contributed by atoms with E-state index in [2.05, 4.69) is 36.6 Å². The smallest absolute Gasteiger partial charge is 0.214 e. The number of hydrogen-bond acceptors (Lipinski definition) is 2. The van der Waals surface area contributed by atoms with Crippen LogP contribution in [0.2, 0.25) is 5.02 Å². The first kappa shape index (κ1) is 16.4. The van der Waals surface area contributed by atoms with Gasteiger partial charge in [-0.25, -0.2) is 4.58 Å². The molecule has 1 fully saturated rings. The van der Waals surface area contributed by atoms with Gasteiger partial charge < -0.3 is 9.15 Å². The van der Waals surface area contributed by atoms with Crippen molar-refractivity contribution in [2.24, 2.45) is 0 Å². The third-order valence-corrected chi connectivity index (χ3v) is 4.79. The van der Waals surface area contributed by atoms with E-state index in [9.17, 15) is 0 Å². The van der Waals surface area contributed by atoms with Crippen LogP contribution in [-0.4, -0.2) is 25.3 Å². The molecule has 25 heavy (non-hydrogen) atoms. The number of ether oxygens (including phenoxy) is 1. The van der Waals surface area contributed by atoms with Crippen LogP contribution in [-0.2, 0) is 4.74 Å². The molecule has 0 spiro atoms. The highest BCUT2D eigenvalue weighted by Gasteiger charge is 2.26. The summed E-state index contributed by atoms with van der Waals surface area (Å²) in [5, 5.41) is 3.04. The molecule has 1 aliphatic heterocycles. The maximum absolute atomic E-state index is 6.17. The largest absolute Gasteiger partial charge is 0.456 e. The lowest BCUT2D eigenvalue weighted by atomic mass is 10.1. The first-order valence-corrected chi connectivity index (χ1v) is 9.00. The lowest BCUT2D eigenvalue weighted by Gasteiger charge is -2.23. The van der Waals surface area contributed by atoms with Gasteiger partial charge in [0.2, 0.25) is 5.36 Å². The average molecular weight is 355 g/mol. The van der Waals surface area contributed by atoms with E-state index < -0.39 is 0 Å². The Bertz CT molecular complexity index is 963. The van der Waals surface area contributed by atoms with Crippen molar-refractivity contribution in [2.45, 2.75) is 26.1 Å². The SMILES string of the molecule is C[C@H]1C[N+](=c2cc(-c3ccc(Cl)cc3)oc3ccccc23)C[C@H](C)O1. The Morgan fingerprint density at radius 3 is 2.36 bits per heavy atom. The van der Waals surface area contributed by atoms with E-state index in [-0.39, 0.29) is 12.2 Å².